The molecule has 0 saturated carbocycles. The maximum atomic E-state index is 13.3. The van der Waals surface area contributed by atoms with E-state index in [-0.39, 0.29) is 0 Å². The van der Waals surface area contributed by atoms with Crippen molar-refractivity contribution in [3.63, 3.8) is 0 Å². The summed E-state index contributed by atoms with van der Waals surface area (Å²) in [6, 6.07) is 11.5. The van der Waals surface area contributed by atoms with Crippen LogP contribution in [0.25, 0.3) is 0 Å². The van der Waals surface area contributed by atoms with Crippen LogP contribution in [0.4, 0.5) is 8.78 Å². The van der Waals surface area contributed by atoms with Gasteiger partial charge in [-0.05, 0) is 41.7 Å². The quantitative estimate of drug-likeness (QED) is 0.821. The Hall–Kier alpha value is -1.74. The van der Waals surface area contributed by atoms with Gasteiger partial charge in [-0.1, -0.05) is 24.3 Å². The summed E-state index contributed by atoms with van der Waals surface area (Å²) in [5.41, 5.74) is 8.47. The minimum absolute atomic E-state index is 0.524. The highest BCUT2D eigenvalue weighted by Gasteiger charge is 2.35. The van der Waals surface area contributed by atoms with Gasteiger partial charge in [0, 0.05) is 11.6 Å². The van der Waals surface area contributed by atoms with Crippen LogP contribution in [0.3, 0.4) is 0 Å². The highest BCUT2D eigenvalue weighted by Crippen LogP contribution is 2.36. The Morgan fingerprint density at radius 3 is 1.89 bits per heavy atom. The van der Waals surface area contributed by atoms with Crippen molar-refractivity contribution in [1.82, 2.24) is 0 Å². The highest BCUT2D eigenvalue weighted by atomic mass is 19.1. The van der Waals surface area contributed by atoms with Crippen molar-refractivity contribution in [1.29, 1.82) is 0 Å². The van der Waals surface area contributed by atoms with E-state index in [4.69, 9.17) is 5.73 Å². The van der Waals surface area contributed by atoms with Crippen molar-refractivity contribution in [3.8, 4) is 0 Å². The van der Waals surface area contributed by atoms with E-state index in [1.54, 1.807) is 0 Å². The molecule has 0 atom stereocenters. The minimum Gasteiger partial charge on any atom is -0.321 e. The van der Waals surface area contributed by atoms with E-state index in [0.717, 1.165) is 17.2 Å². The van der Waals surface area contributed by atoms with Gasteiger partial charge in [0.1, 0.15) is 11.6 Å². The van der Waals surface area contributed by atoms with Gasteiger partial charge in [-0.15, -0.1) is 0 Å². The van der Waals surface area contributed by atoms with Crippen LogP contribution < -0.4 is 5.73 Å². The molecule has 2 aromatic rings. The maximum absolute atomic E-state index is 13.3. The summed E-state index contributed by atoms with van der Waals surface area (Å²) >= 11 is 0. The normalized spacial score (nSPS) is 16.6. The number of hydrogen-bond donors (Lipinski definition) is 1. The molecule has 18 heavy (non-hydrogen) atoms. The third kappa shape index (κ3) is 1.81. The van der Waals surface area contributed by atoms with Crippen LogP contribution in [0.5, 0.6) is 0 Å². The number of rotatable bonds is 1. The van der Waals surface area contributed by atoms with Gasteiger partial charge in [0.05, 0.1) is 0 Å². The standard InChI is InChI=1S/C15H13F2N/c16-13-5-12(6-14(17)7-13)15(18)8-10-3-1-2-4-11(10)9-15/h1-7H,8-9,18H2. The number of benzene rings is 2. The second-order valence-electron chi connectivity index (χ2n) is 4.94. The SMILES string of the molecule is NC1(c2cc(F)cc(F)c2)Cc2ccccc2C1. The molecule has 0 bridgehead atoms. The average Bonchev–Trinajstić information content (AvgIpc) is 2.65. The first-order valence-electron chi connectivity index (χ1n) is 5.89. The van der Waals surface area contributed by atoms with Crippen molar-refractivity contribution in [3.05, 3.63) is 70.8 Å². The Kier molecular flexibility index (Phi) is 2.45. The van der Waals surface area contributed by atoms with Crippen LogP contribution in [0.2, 0.25) is 0 Å². The van der Waals surface area contributed by atoms with Crippen LogP contribution in [-0.2, 0) is 18.4 Å². The molecule has 0 saturated heterocycles. The number of nitrogens with two attached hydrogens (primary N) is 1. The van der Waals surface area contributed by atoms with Crippen molar-refractivity contribution in [2.45, 2.75) is 18.4 Å². The first-order valence-corrected chi connectivity index (χ1v) is 5.89. The first kappa shape index (κ1) is 11.4. The van der Waals surface area contributed by atoms with E-state index >= 15 is 0 Å². The van der Waals surface area contributed by atoms with Gasteiger partial charge in [0.15, 0.2) is 0 Å². The van der Waals surface area contributed by atoms with E-state index in [1.165, 1.54) is 12.1 Å². The van der Waals surface area contributed by atoms with E-state index in [0.29, 0.717) is 18.4 Å². The van der Waals surface area contributed by atoms with Crippen molar-refractivity contribution in [2.75, 3.05) is 0 Å². The number of hydrogen-bond acceptors (Lipinski definition) is 1. The predicted molar refractivity (Wildman–Crippen MR) is 66.1 cm³/mol. The van der Waals surface area contributed by atoms with Gasteiger partial charge in [-0.2, -0.15) is 0 Å². The van der Waals surface area contributed by atoms with Gasteiger partial charge in [-0.3, -0.25) is 0 Å². The van der Waals surface area contributed by atoms with Gasteiger partial charge in [-0.25, -0.2) is 8.78 Å². The molecule has 0 spiro atoms. The molecule has 1 aliphatic rings. The van der Waals surface area contributed by atoms with Crippen LogP contribution in [0.15, 0.2) is 42.5 Å². The number of fused-ring (bicyclic) bond motifs is 1. The fourth-order valence-corrected chi connectivity index (χ4v) is 2.69. The molecule has 1 aliphatic carbocycles. The lowest BCUT2D eigenvalue weighted by atomic mass is 9.88. The lowest BCUT2D eigenvalue weighted by Crippen LogP contribution is -2.37. The van der Waals surface area contributed by atoms with E-state index < -0.39 is 17.2 Å². The Morgan fingerprint density at radius 1 is 0.889 bits per heavy atom. The van der Waals surface area contributed by atoms with Crippen molar-refractivity contribution >= 4 is 0 Å². The van der Waals surface area contributed by atoms with Crippen molar-refractivity contribution < 1.29 is 8.78 Å². The third-order valence-corrected chi connectivity index (χ3v) is 3.57. The van der Waals surface area contributed by atoms with Crippen LogP contribution >= 0.6 is 0 Å². The lowest BCUT2D eigenvalue weighted by molar-refractivity contribution is 0.462. The third-order valence-electron chi connectivity index (χ3n) is 3.57. The predicted octanol–water partition coefficient (Wildman–Crippen LogP) is 2.92. The molecule has 0 radical (unpaired) electrons. The Bertz CT molecular complexity index is 562. The second kappa shape index (κ2) is 3.89. The molecular weight excluding hydrogens is 232 g/mol. The summed E-state index contributed by atoms with van der Waals surface area (Å²) in [6.07, 6.45) is 1.23. The van der Waals surface area contributed by atoms with Gasteiger partial charge < -0.3 is 5.73 Å². The summed E-state index contributed by atoms with van der Waals surface area (Å²) in [6.45, 7) is 0. The van der Waals surface area contributed by atoms with Crippen LogP contribution in [-0.4, -0.2) is 0 Å². The molecule has 3 heteroatoms. The first-order chi connectivity index (χ1) is 8.57. The molecule has 0 fully saturated rings. The monoisotopic (exact) mass is 245 g/mol. The maximum Gasteiger partial charge on any atom is 0.126 e. The zero-order valence-electron chi connectivity index (χ0n) is 9.79. The van der Waals surface area contributed by atoms with E-state index in [9.17, 15) is 8.78 Å². The molecule has 1 nitrogen and oxygen atoms in total. The fourth-order valence-electron chi connectivity index (χ4n) is 2.69. The second-order valence-corrected chi connectivity index (χ2v) is 4.94. The molecule has 92 valence electrons. The van der Waals surface area contributed by atoms with E-state index in [2.05, 4.69) is 0 Å². The zero-order chi connectivity index (χ0) is 12.8. The minimum atomic E-state index is -0.702. The number of halogens is 2. The largest absolute Gasteiger partial charge is 0.321 e. The molecule has 0 unspecified atom stereocenters. The highest BCUT2D eigenvalue weighted by molar-refractivity contribution is 5.41. The molecular formula is C15H13F2N. The summed E-state index contributed by atoms with van der Waals surface area (Å²) in [5.74, 6) is -1.16. The summed E-state index contributed by atoms with van der Waals surface area (Å²) in [4.78, 5) is 0. The molecule has 0 aromatic heterocycles. The molecule has 0 aliphatic heterocycles. The Labute approximate surface area is 104 Å². The fraction of sp³-hybridized carbons (Fsp3) is 0.200. The Morgan fingerprint density at radius 2 is 1.39 bits per heavy atom. The molecule has 2 aromatic carbocycles. The van der Waals surface area contributed by atoms with E-state index in [1.807, 2.05) is 24.3 Å². The van der Waals surface area contributed by atoms with Gasteiger partial charge in [0.2, 0.25) is 0 Å². The smallest absolute Gasteiger partial charge is 0.126 e. The molecule has 2 N–H and O–H groups in total. The lowest BCUT2D eigenvalue weighted by Gasteiger charge is -2.24. The molecule has 0 heterocycles. The zero-order valence-corrected chi connectivity index (χ0v) is 9.79. The topological polar surface area (TPSA) is 26.0 Å². The average molecular weight is 245 g/mol. The summed E-state index contributed by atoms with van der Waals surface area (Å²) in [7, 11) is 0. The summed E-state index contributed by atoms with van der Waals surface area (Å²) < 4.78 is 26.6. The van der Waals surface area contributed by atoms with Crippen molar-refractivity contribution in [2.24, 2.45) is 5.73 Å². The Balaban J connectivity index is 2.03. The molecule has 3 rings (SSSR count). The van der Waals surface area contributed by atoms with Gasteiger partial charge in [0.25, 0.3) is 0 Å². The van der Waals surface area contributed by atoms with Gasteiger partial charge >= 0.3 is 0 Å². The molecule has 0 amide bonds. The van der Waals surface area contributed by atoms with Crippen LogP contribution in [0.1, 0.15) is 16.7 Å². The summed E-state index contributed by atoms with van der Waals surface area (Å²) in [5, 5.41) is 0. The van der Waals surface area contributed by atoms with Crippen LogP contribution in [0, 0.1) is 11.6 Å².